The lowest BCUT2D eigenvalue weighted by atomic mass is 10.0. The highest BCUT2D eigenvalue weighted by atomic mass is 35.5. The SMILES string of the molecule is CNc1ncc2cc(-c3ccc(-c4cccc(C)n4)cc3Cl)c(=O)n(CCC3CN(C(=O)OCc4ccccc4)CCO3)c2n1. The van der Waals surface area contributed by atoms with Gasteiger partial charge < -0.3 is 19.7 Å². The first-order valence-corrected chi connectivity index (χ1v) is 15.2. The van der Waals surface area contributed by atoms with E-state index in [-0.39, 0.29) is 24.4 Å². The monoisotopic (exact) mass is 624 g/mol. The maximum Gasteiger partial charge on any atom is 0.410 e. The van der Waals surface area contributed by atoms with Crippen LogP contribution in [0.5, 0.6) is 0 Å². The lowest BCUT2D eigenvalue weighted by Gasteiger charge is -2.32. The maximum atomic E-state index is 14.1. The standard InChI is InChI=1S/C34H33ClN6O4/c1-22-7-6-10-30(38-22)24-11-12-27(29(35)18-24)28-17-25-19-37-33(36-2)39-31(25)41(32(28)42)14-13-26-20-40(15-16-44-26)34(43)45-21-23-8-4-3-5-9-23/h3-12,17-19,26H,13-16,20-21H2,1-2H3,(H,36,37,39). The van der Waals surface area contributed by atoms with Crippen molar-refractivity contribution < 1.29 is 14.3 Å². The number of amides is 1. The highest BCUT2D eigenvalue weighted by Crippen LogP contribution is 2.32. The zero-order valence-electron chi connectivity index (χ0n) is 25.1. The largest absolute Gasteiger partial charge is 0.445 e. The number of aromatic nitrogens is 4. The van der Waals surface area contributed by atoms with E-state index < -0.39 is 0 Å². The number of nitrogens with one attached hydrogen (secondary N) is 1. The van der Waals surface area contributed by atoms with E-state index in [1.807, 2.05) is 73.7 Å². The van der Waals surface area contributed by atoms with E-state index in [4.69, 9.17) is 21.1 Å². The minimum Gasteiger partial charge on any atom is -0.445 e. The number of carbonyl (C=O) groups excluding carboxylic acids is 1. The molecule has 1 unspecified atom stereocenters. The van der Waals surface area contributed by atoms with Gasteiger partial charge >= 0.3 is 6.09 Å². The van der Waals surface area contributed by atoms with Crippen molar-refractivity contribution in [2.75, 3.05) is 32.1 Å². The summed E-state index contributed by atoms with van der Waals surface area (Å²) in [6.45, 7) is 3.62. The molecule has 1 atom stereocenters. The third kappa shape index (κ3) is 6.82. The van der Waals surface area contributed by atoms with E-state index >= 15 is 0 Å². The first-order valence-electron chi connectivity index (χ1n) is 14.8. The minimum absolute atomic E-state index is 0.203. The molecule has 0 saturated carbocycles. The van der Waals surface area contributed by atoms with Crippen LogP contribution in [0.25, 0.3) is 33.4 Å². The van der Waals surface area contributed by atoms with E-state index in [1.165, 1.54) is 0 Å². The molecule has 1 aliphatic rings. The second kappa shape index (κ2) is 13.5. The number of anilines is 1. The molecule has 4 heterocycles. The molecule has 3 aromatic heterocycles. The molecule has 45 heavy (non-hydrogen) atoms. The number of benzene rings is 2. The fourth-order valence-corrected chi connectivity index (χ4v) is 5.70. The van der Waals surface area contributed by atoms with E-state index in [0.29, 0.717) is 65.8 Å². The van der Waals surface area contributed by atoms with Gasteiger partial charge in [0.2, 0.25) is 5.95 Å². The van der Waals surface area contributed by atoms with E-state index in [0.717, 1.165) is 22.5 Å². The summed E-state index contributed by atoms with van der Waals surface area (Å²) in [6.07, 6.45) is 1.49. The van der Waals surface area contributed by atoms with E-state index in [9.17, 15) is 9.59 Å². The maximum absolute atomic E-state index is 14.1. The van der Waals surface area contributed by atoms with Gasteiger partial charge in [0, 0.05) is 59.1 Å². The van der Waals surface area contributed by atoms with Crippen molar-refractivity contribution in [1.82, 2.24) is 24.4 Å². The highest BCUT2D eigenvalue weighted by Gasteiger charge is 2.26. The zero-order chi connectivity index (χ0) is 31.3. The number of carbonyl (C=O) groups is 1. The minimum atomic E-state index is -0.387. The number of morpholine rings is 1. The van der Waals surface area contributed by atoms with Crippen LogP contribution >= 0.6 is 11.6 Å². The molecule has 1 amide bonds. The summed E-state index contributed by atoms with van der Waals surface area (Å²) in [7, 11) is 1.73. The molecule has 5 aromatic rings. The third-order valence-corrected chi connectivity index (χ3v) is 8.08. The summed E-state index contributed by atoms with van der Waals surface area (Å²) in [4.78, 5) is 42.1. The molecule has 1 N–H and O–H groups in total. The number of hydrogen-bond donors (Lipinski definition) is 1. The smallest absolute Gasteiger partial charge is 0.410 e. The number of fused-ring (bicyclic) bond motifs is 1. The van der Waals surface area contributed by atoms with Gasteiger partial charge in [-0.15, -0.1) is 0 Å². The highest BCUT2D eigenvalue weighted by molar-refractivity contribution is 6.33. The molecule has 0 radical (unpaired) electrons. The van der Waals surface area contributed by atoms with Crippen molar-refractivity contribution in [3.8, 4) is 22.4 Å². The summed E-state index contributed by atoms with van der Waals surface area (Å²) >= 11 is 6.80. The van der Waals surface area contributed by atoms with Crippen molar-refractivity contribution in [3.63, 3.8) is 0 Å². The van der Waals surface area contributed by atoms with E-state index in [2.05, 4.69) is 20.3 Å². The van der Waals surface area contributed by atoms with Crippen LogP contribution in [0.1, 0.15) is 17.7 Å². The lowest BCUT2D eigenvalue weighted by Crippen LogP contribution is -2.46. The fraction of sp³-hybridized carbons (Fsp3) is 0.265. The summed E-state index contributed by atoms with van der Waals surface area (Å²) in [6, 6.07) is 22.7. The fourth-order valence-electron chi connectivity index (χ4n) is 5.42. The zero-order valence-corrected chi connectivity index (χ0v) is 25.8. The van der Waals surface area contributed by atoms with Crippen molar-refractivity contribution in [3.05, 3.63) is 106 Å². The Morgan fingerprint density at radius 3 is 2.69 bits per heavy atom. The third-order valence-electron chi connectivity index (χ3n) is 7.77. The van der Waals surface area contributed by atoms with Crippen LogP contribution in [0.3, 0.4) is 0 Å². The molecule has 230 valence electrons. The van der Waals surface area contributed by atoms with Crippen LogP contribution < -0.4 is 10.9 Å². The topological polar surface area (TPSA) is 111 Å². The van der Waals surface area contributed by atoms with Gasteiger partial charge in [-0.1, -0.05) is 60.1 Å². The van der Waals surface area contributed by atoms with Crippen LogP contribution in [0, 0.1) is 6.92 Å². The molecule has 10 nitrogen and oxygen atoms in total. The first-order chi connectivity index (χ1) is 21.9. The number of nitrogens with zero attached hydrogens (tertiary/aromatic N) is 5. The van der Waals surface area contributed by atoms with Gasteiger partial charge in [-0.2, -0.15) is 4.98 Å². The van der Waals surface area contributed by atoms with Crippen LogP contribution in [0.2, 0.25) is 5.02 Å². The molecule has 1 aliphatic heterocycles. The Balaban J connectivity index is 1.25. The Labute approximate surface area is 265 Å². The van der Waals surface area contributed by atoms with Gasteiger partial charge in [0.15, 0.2) is 0 Å². The Hall–Kier alpha value is -4.80. The Kier molecular flexibility index (Phi) is 9.04. The molecule has 0 aliphatic carbocycles. The molecular weight excluding hydrogens is 592 g/mol. The molecule has 1 fully saturated rings. The molecular formula is C34H33ClN6O4. The summed E-state index contributed by atoms with van der Waals surface area (Å²) in [5.41, 5.74) is 4.79. The molecule has 6 rings (SSSR count). The molecule has 0 spiro atoms. The van der Waals surface area contributed by atoms with Crippen molar-refractivity contribution in [1.29, 1.82) is 0 Å². The molecule has 1 saturated heterocycles. The Bertz CT molecular complexity index is 1900. The van der Waals surface area contributed by atoms with Crippen LogP contribution in [-0.4, -0.2) is 63.4 Å². The average Bonchev–Trinajstić information content (AvgIpc) is 3.07. The van der Waals surface area contributed by atoms with Gasteiger partial charge in [-0.05, 0) is 43.2 Å². The molecule has 0 bridgehead atoms. The number of rotatable bonds is 8. The predicted octanol–water partition coefficient (Wildman–Crippen LogP) is 5.95. The van der Waals surface area contributed by atoms with E-state index in [1.54, 1.807) is 28.8 Å². The second-order valence-corrected chi connectivity index (χ2v) is 11.3. The summed E-state index contributed by atoms with van der Waals surface area (Å²) in [5.74, 6) is 0.401. The van der Waals surface area contributed by atoms with Crippen molar-refractivity contribution in [2.45, 2.75) is 32.6 Å². The van der Waals surface area contributed by atoms with Crippen LogP contribution in [-0.2, 0) is 22.6 Å². The van der Waals surface area contributed by atoms with Gasteiger partial charge in [-0.3, -0.25) is 14.3 Å². The lowest BCUT2D eigenvalue weighted by molar-refractivity contribution is -0.0329. The number of aryl methyl sites for hydroxylation is 2. The van der Waals surface area contributed by atoms with Gasteiger partial charge in [0.05, 0.1) is 24.9 Å². The Morgan fingerprint density at radius 1 is 1.07 bits per heavy atom. The predicted molar refractivity (Wildman–Crippen MR) is 174 cm³/mol. The number of hydrogen-bond acceptors (Lipinski definition) is 8. The summed E-state index contributed by atoms with van der Waals surface area (Å²) < 4.78 is 13.2. The normalized spacial score (nSPS) is 14.8. The number of ether oxygens (including phenoxy) is 2. The van der Waals surface area contributed by atoms with Crippen LogP contribution in [0.4, 0.5) is 10.7 Å². The molecule has 2 aromatic carbocycles. The Morgan fingerprint density at radius 2 is 1.91 bits per heavy atom. The quantitative estimate of drug-likeness (QED) is 0.225. The number of pyridine rings is 2. The first kappa shape index (κ1) is 30.2. The van der Waals surface area contributed by atoms with Crippen LogP contribution in [0.15, 0.2) is 83.8 Å². The van der Waals surface area contributed by atoms with Gasteiger partial charge in [-0.25, -0.2) is 9.78 Å². The van der Waals surface area contributed by atoms with Crippen molar-refractivity contribution >= 4 is 34.7 Å². The van der Waals surface area contributed by atoms with Gasteiger partial charge in [0.25, 0.3) is 5.56 Å². The average molecular weight is 625 g/mol. The number of halogens is 1. The molecule has 11 heteroatoms. The van der Waals surface area contributed by atoms with Gasteiger partial charge in [0.1, 0.15) is 12.3 Å². The summed E-state index contributed by atoms with van der Waals surface area (Å²) in [5, 5.41) is 4.08. The van der Waals surface area contributed by atoms with Crippen molar-refractivity contribution in [2.24, 2.45) is 0 Å². The second-order valence-electron chi connectivity index (χ2n) is 10.9.